The third kappa shape index (κ3) is 3.57. The molecule has 0 amide bonds. The number of rotatable bonds is 3. The Balaban J connectivity index is 2.03. The normalized spacial score (nSPS) is 11.8. The predicted octanol–water partition coefficient (Wildman–Crippen LogP) is 3.85. The molecule has 0 aliphatic carbocycles. The van der Waals surface area contributed by atoms with Gasteiger partial charge >= 0.3 is 6.18 Å². The Kier molecular flexibility index (Phi) is 4.02. The van der Waals surface area contributed by atoms with Crippen LogP contribution in [0.3, 0.4) is 0 Å². The van der Waals surface area contributed by atoms with Crippen LogP contribution in [0.2, 0.25) is 0 Å². The van der Waals surface area contributed by atoms with E-state index in [0.29, 0.717) is 0 Å². The number of hydrogen-bond acceptors (Lipinski definition) is 3. The van der Waals surface area contributed by atoms with E-state index in [2.05, 4.69) is 15.5 Å². The summed E-state index contributed by atoms with van der Waals surface area (Å²) >= 11 is 0. The lowest BCUT2D eigenvalue weighted by molar-refractivity contribution is -0.137. The number of anilines is 1. The second kappa shape index (κ2) is 5.73. The number of hydrazone groups is 1. The van der Waals surface area contributed by atoms with Crippen molar-refractivity contribution < 1.29 is 13.2 Å². The molecule has 0 atom stereocenters. The van der Waals surface area contributed by atoms with Crippen LogP contribution in [0.15, 0.2) is 47.7 Å². The van der Waals surface area contributed by atoms with Crippen LogP contribution in [0.5, 0.6) is 0 Å². The molecule has 0 aliphatic rings. The average Bonchev–Trinajstić information content (AvgIpc) is 2.40. The molecule has 0 saturated heterocycles. The maximum absolute atomic E-state index is 12.3. The second-order valence-corrected chi connectivity index (χ2v) is 4.16. The number of nitrogens with one attached hydrogen (secondary N) is 1. The van der Waals surface area contributed by atoms with Gasteiger partial charge in [-0.1, -0.05) is 24.3 Å². The van der Waals surface area contributed by atoms with Gasteiger partial charge in [-0.3, -0.25) is 5.43 Å². The van der Waals surface area contributed by atoms with E-state index >= 15 is 0 Å². The largest absolute Gasteiger partial charge is 0.417 e. The Morgan fingerprint density at radius 1 is 1.15 bits per heavy atom. The summed E-state index contributed by atoms with van der Waals surface area (Å²) in [5.41, 5.74) is 3.78. The predicted molar refractivity (Wildman–Crippen MR) is 71.6 cm³/mol. The van der Waals surface area contributed by atoms with Crippen molar-refractivity contribution >= 4 is 12.0 Å². The van der Waals surface area contributed by atoms with Crippen LogP contribution in [-0.2, 0) is 6.18 Å². The zero-order chi connectivity index (χ0) is 14.6. The maximum Gasteiger partial charge on any atom is 0.417 e. The number of alkyl halides is 3. The van der Waals surface area contributed by atoms with E-state index in [-0.39, 0.29) is 5.82 Å². The molecule has 0 unspecified atom stereocenters. The van der Waals surface area contributed by atoms with E-state index in [4.69, 9.17) is 0 Å². The molecule has 0 radical (unpaired) electrons. The molecule has 0 saturated carbocycles. The molecule has 3 nitrogen and oxygen atoms in total. The van der Waals surface area contributed by atoms with E-state index < -0.39 is 11.7 Å². The number of pyridine rings is 1. The van der Waals surface area contributed by atoms with Gasteiger partial charge in [0.25, 0.3) is 0 Å². The number of halogens is 3. The smallest absolute Gasteiger partial charge is 0.261 e. The molecule has 1 aromatic heterocycles. The number of hydrogen-bond donors (Lipinski definition) is 1. The summed E-state index contributed by atoms with van der Waals surface area (Å²) in [4.78, 5) is 3.65. The molecule has 20 heavy (non-hydrogen) atoms. The fourth-order valence-corrected chi connectivity index (χ4v) is 1.53. The van der Waals surface area contributed by atoms with Gasteiger partial charge in [-0.2, -0.15) is 18.3 Å². The van der Waals surface area contributed by atoms with E-state index in [1.807, 2.05) is 31.2 Å². The number of nitrogens with zero attached hydrogens (tertiary/aromatic N) is 2. The molecule has 1 aromatic carbocycles. The first-order valence-electron chi connectivity index (χ1n) is 5.85. The zero-order valence-electron chi connectivity index (χ0n) is 10.6. The van der Waals surface area contributed by atoms with E-state index in [1.165, 1.54) is 6.07 Å². The van der Waals surface area contributed by atoms with Gasteiger partial charge in [0.05, 0.1) is 11.8 Å². The molecule has 6 heteroatoms. The quantitative estimate of drug-likeness (QED) is 0.684. The molecule has 0 bridgehead atoms. The summed E-state index contributed by atoms with van der Waals surface area (Å²) < 4.78 is 37.0. The van der Waals surface area contributed by atoms with Crippen LogP contribution in [0.1, 0.15) is 16.7 Å². The Bertz CT molecular complexity index is 604. The molecule has 0 aliphatic heterocycles. The third-order valence-electron chi connectivity index (χ3n) is 2.66. The highest BCUT2D eigenvalue weighted by Crippen LogP contribution is 2.28. The monoisotopic (exact) mass is 279 g/mol. The van der Waals surface area contributed by atoms with Crippen molar-refractivity contribution in [1.29, 1.82) is 0 Å². The van der Waals surface area contributed by atoms with Crippen molar-refractivity contribution in [2.75, 3.05) is 5.43 Å². The van der Waals surface area contributed by atoms with Crippen LogP contribution < -0.4 is 5.43 Å². The van der Waals surface area contributed by atoms with Crippen molar-refractivity contribution in [2.24, 2.45) is 5.10 Å². The summed E-state index contributed by atoms with van der Waals surface area (Å²) in [6.07, 6.45) is -2.02. The molecular formula is C14H12F3N3. The Morgan fingerprint density at radius 2 is 1.90 bits per heavy atom. The molecular weight excluding hydrogens is 267 g/mol. The number of benzene rings is 1. The first-order valence-corrected chi connectivity index (χ1v) is 5.85. The topological polar surface area (TPSA) is 37.3 Å². The van der Waals surface area contributed by atoms with Crippen LogP contribution in [0.25, 0.3) is 0 Å². The van der Waals surface area contributed by atoms with E-state index in [9.17, 15) is 13.2 Å². The van der Waals surface area contributed by atoms with Crippen LogP contribution in [0, 0.1) is 6.92 Å². The maximum atomic E-state index is 12.3. The average molecular weight is 279 g/mol. The molecule has 2 rings (SSSR count). The lowest BCUT2D eigenvalue weighted by Gasteiger charge is -2.06. The lowest BCUT2D eigenvalue weighted by atomic mass is 10.1. The minimum Gasteiger partial charge on any atom is -0.261 e. The highest BCUT2D eigenvalue weighted by molar-refractivity contribution is 5.81. The Morgan fingerprint density at radius 3 is 2.50 bits per heavy atom. The minimum atomic E-state index is -4.38. The number of aromatic nitrogens is 1. The van der Waals surface area contributed by atoms with Crippen molar-refractivity contribution in [3.8, 4) is 0 Å². The van der Waals surface area contributed by atoms with E-state index in [1.54, 1.807) is 6.21 Å². The summed E-state index contributed by atoms with van der Waals surface area (Å²) in [7, 11) is 0. The molecule has 1 N–H and O–H groups in total. The summed E-state index contributed by atoms with van der Waals surface area (Å²) in [5.74, 6) is 0.253. The summed E-state index contributed by atoms with van der Waals surface area (Å²) in [5, 5.41) is 3.95. The Labute approximate surface area is 114 Å². The first kappa shape index (κ1) is 14.0. The van der Waals surface area contributed by atoms with Gasteiger partial charge in [-0.15, -0.1) is 0 Å². The number of aryl methyl sites for hydroxylation is 1. The van der Waals surface area contributed by atoms with Crippen LogP contribution >= 0.6 is 0 Å². The molecule has 104 valence electrons. The third-order valence-corrected chi connectivity index (χ3v) is 2.66. The standard InChI is InChI=1S/C14H12F3N3/c1-10-4-2-3-5-11(10)8-19-20-13-7-6-12(9-18-13)14(15,16)17/h2-9H,1H3,(H,18,20)/b19-8+. The van der Waals surface area contributed by atoms with Gasteiger partial charge in [0.2, 0.25) is 0 Å². The van der Waals surface area contributed by atoms with Gasteiger partial charge in [0, 0.05) is 6.20 Å². The zero-order valence-corrected chi connectivity index (χ0v) is 10.6. The van der Waals surface area contributed by atoms with Crippen molar-refractivity contribution in [3.05, 3.63) is 59.3 Å². The van der Waals surface area contributed by atoms with Crippen molar-refractivity contribution in [2.45, 2.75) is 13.1 Å². The molecule has 0 spiro atoms. The molecule has 2 aromatic rings. The molecule has 1 heterocycles. The van der Waals surface area contributed by atoms with Gasteiger partial charge < -0.3 is 0 Å². The Hall–Kier alpha value is -2.37. The fourth-order valence-electron chi connectivity index (χ4n) is 1.53. The highest BCUT2D eigenvalue weighted by Gasteiger charge is 2.30. The van der Waals surface area contributed by atoms with Crippen LogP contribution in [0.4, 0.5) is 19.0 Å². The highest BCUT2D eigenvalue weighted by atomic mass is 19.4. The SMILES string of the molecule is Cc1ccccc1/C=N/Nc1ccc(C(F)(F)F)cn1. The van der Waals surface area contributed by atoms with Crippen LogP contribution in [-0.4, -0.2) is 11.2 Å². The second-order valence-electron chi connectivity index (χ2n) is 4.16. The van der Waals surface area contributed by atoms with E-state index in [0.717, 1.165) is 23.4 Å². The van der Waals surface area contributed by atoms with Gasteiger partial charge in [0.1, 0.15) is 5.82 Å². The summed E-state index contributed by atoms with van der Waals surface area (Å²) in [6, 6.07) is 9.82. The van der Waals surface area contributed by atoms with Gasteiger partial charge in [-0.25, -0.2) is 4.98 Å². The van der Waals surface area contributed by atoms with Gasteiger partial charge in [-0.05, 0) is 30.2 Å². The molecule has 0 fully saturated rings. The van der Waals surface area contributed by atoms with Crippen molar-refractivity contribution in [3.63, 3.8) is 0 Å². The van der Waals surface area contributed by atoms with Gasteiger partial charge in [0.15, 0.2) is 0 Å². The minimum absolute atomic E-state index is 0.253. The fraction of sp³-hybridized carbons (Fsp3) is 0.143. The summed E-state index contributed by atoms with van der Waals surface area (Å²) in [6.45, 7) is 1.94. The lowest BCUT2D eigenvalue weighted by Crippen LogP contribution is -2.05. The first-order chi connectivity index (χ1) is 9.47. The van der Waals surface area contributed by atoms with Crippen molar-refractivity contribution in [1.82, 2.24) is 4.98 Å².